The van der Waals surface area contributed by atoms with Gasteiger partial charge in [0.15, 0.2) is 11.5 Å². The molecule has 154 valence electrons. The molecule has 0 radical (unpaired) electrons. The number of nitrogens with zero attached hydrogens (tertiary/aromatic N) is 2. The standard InChI is InChI=1S/C19H25F2N3O3S/c1-3-28-16-7-5-4-6-13(16)22-11-17-23-18(24-27-17)12-8-9-14(26-19(20)21)15(10-12)25-2/h8-10,13,16,19,22H,3-7,11H2,1-2H3. The second kappa shape index (κ2) is 10.1. The Bertz CT molecular complexity index is 758. The quantitative estimate of drug-likeness (QED) is 0.649. The van der Waals surface area contributed by atoms with E-state index in [1.807, 2.05) is 11.8 Å². The van der Waals surface area contributed by atoms with Crippen LogP contribution in [0.1, 0.15) is 38.5 Å². The van der Waals surface area contributed by atoms with Crippen molar-refractivity contribution in [2.24, 2.45) is 0 Å². The highest BCUT2D eigenvalue weighted by atomic mass is 32.2. The van der Waals surface area contributed by atoms with E-state index in [4.69, 9.17) is 9.26 Å². The van der Waals surface area contributed by atoms with Crippen LogP contribution in [0.4, 0.5) is 8.78 Å². The summed E-state index contributed by atoms with van der Waals surface area (Å²) in [4.78, 5) is 4.41. The lowest BCUT2D eigenvalue weighted by atomic mass is 9.95. The van der Waals surface area contributed by atoms with Gasteiger partial charge in [0, 0.05) is 16.9 Å². The van der Waals surface area contributed by atoms with Crippen molar-refractivity contribution in [3.63, 3.8) is 0 Å². The lowest BCUT2D eigenvalue weighted by Gasteiger charge is -2.31. The predicted molar refractivity (Wildman–Crippen MR) is 104 cm³/mol. The van der Waals surface area contributed by atoms with Crippen molar-refractivity contribution >= 4 is 11.8 Å². The van der Waals surface area contributed by atoms with Crippen LogP contribution >= 0.6 is 11.8 Å². The first-order valence-corrected chi connectivity index (χ1v) is 10.5. The highest BCUT2D eigenvalue weighted by Gasteiger charge is 2.25. The van der Waals surface area contributed by atoms with Crippen LogP contribution in [0.5, 0.6) is 11.5 Å². The number of alkyl halides is 2. The second-order valence-corrected chi connectivity index (χ2v) is 8.04. The first kappa shape index (κ1) is 20.9. The third kappa shape index (κ3) is 5.35. The van der Waals surface area contributed by atoms with Crippen molar-refractivity contribution in [1.29, 1.82) is 0 Å². The molecule has 0 aliphatic heterocycles. The highest BCUT2D eigenvalue weighted by Crippen LogP contribution is 2.33. The fourth-order valence-corrected chi connectivity index (χ4v) is 4.63. The minimum Gasteiger partial charge on any atom is -0.493 e. The summed E-state index contributed by atoms with van der Waals surface area (Å²) >= 11 is 2.00. The molecule has 1 aliphatic rings. The fourth-order valence-electron chi connectivity index (χ4n) is 3.41. The van der Waals surface area contributed by atoms with Gasteiger partial charge in [-0.05, 0) is 36.8 Å². The van der Waals surface area contributed by atoms with Crippen molar-refractivity contribution in [1.82, 2.24) is 15.5 Å². The topological polar surface area (TPSA) is 69.4 Å². The van der Waals surface area contributed by atoms with Crippen LogP contribution in [0.15, 0.2) is 22.7 Å². The van der Waals surface area contributed by atoms with E-state index in [1.54, 1.807) is 12.1 Å². The Labute approximate surface area is 167 Å². The summed E-state index contributed by atoms with van der Waals surface area (Å²) in [7, 11) is 1.39. The van der Waals surface area contributed by atoms with E-state index in [0.29, 0.717) is 35.1 Å². The van der Waals surface area contributed by atoms with Gasteiger partial charge in [0.25, 0.3) is 0 Å². The number of aromatic nitrogens is 2. The SMILES string of the molecule is CCSC1CCCCC1NCc1nc(-c2ccc(OC(F)F)c(OC)c2)no1. The highest BCUT2D eigenvalue weighted by molar-refractivity contribution is 7.99. The third-order valence-electron chi connectivity index (χ3n) is 4.70. The molecule has 1 aliphatic carbocycles. The Balaban J connectivity index is 1.65. The number of hydrogen-bond donors (Lipinski definition) is 1. The molecule has 0 amide bonds. The molecule has 0 saturated heterocycles. The number of benzene rings is 1. The number of rotatable bonds is 9. The molecule has 1 fully saturated rings. The zero-order valence-corrected chi connectivity index (χ0v) is 16.8. The molecule has 0 spiro atoms. The summed E-state index contributed by atoms with van der Waals surface area (Å²) in [5, 5.41) is 8.16. The Morgan fingerprint density at radius 2 is 2.11 bits per heavy atom. The summed E-state index contributed by atoms with van der Waals surface area (Å²) in [5.41, 5.74) is 0.602. The van der Waals surface area contributed by atoms with E-state index in [0.717, 1.165) is 12.2 Å². The van der Waals surface area contributed by atoms with Crippen LogP contribution in [0.3, 0.4) is 0 Å². The smallest absolute Gasteiger partial charge is 0.387 e. The third-order valence-corrected chi connectivity index (χ3v) is 6.03. The molecular formula is C19H25F2N3O3S. The largest absolute Gasteiger partial charge is 0.493 e. The maximum absolute atomic E-state index is 12.5. The van der Waals surface area contributed by atoms with E-state index >= 15 is 0 Å². The van der Waals surface area contributed by atoms with Crippen molar-refractivity contribution in [3.05, 3.63) is 24.1 Å². The number of ether oxygens (including phenoxy) is 2. The number of nitrogens with one attached hydrogen (secondary N) is 1. The molecule has 1 heterocycles. The molecule has 28 heavy (non-hydrogen) atoms. The van der Waals surface area contributed by atoms with Crippen LogP contribution in [0, 0.1) is 0 Å². The van der Waals surface area contributed by atoms with E-state index < -0.39 is 6.61 Å². The van der Waals surface area contributed by atoms with Crippen molar-refractivity contribution in [2.45, 2.75) is 57.1 Å². The van der Waals surface area contributed by atoms with Crippen LogP contribution in [-0.2, 0) is 6.54 Å². The minimum absolute atomic E-state index is 0.0385. The summed E-state index contributed by atoms with van der Waals surface area (Å²) in [5.74, 6) is 2.13. The predicted octanol–water partition coefficient (Wildman–Crippen LogP) is 4.50. The number of hydrogen-bond acceptors (Lipinski definition) is 7. The summed E-state index contributed by atoms with van der Waals surface area (Å²) < 4.78 is 39.8. The molecular weight excluding hydrogens is 388 g/mol. The molecule has 0 bridgehead atoms. The normalized spacial score (nSPS) is 19.8. The zero-order valence-electron chi connectivity index (χ0n) is 16.0. The van der Waals surface area contributed by atoms with Gasteiger partial charge in [-0.2, -0.15) is 25.5 Å². The maximum atomic E-state index is 12.5. The van der Waals surface area contributed by atoms with Crippen LogP contribution in [-0.4, -0.2) is 40.9 Å². The van der Waals surface area contributed by atoms with Gasteiger partial charge >= 0.3 is 6.61 Å². The van der Waals surface area contributed by atoms with Gasteiger partial charge in [0.1, 0.15) is 0 Å². The Morgan fingerprint density at radius 1 is 1.29 bits per heavy atom. The summed E-state index contributed by atoms with van der Waals surface area (Å²) in [6.07, 6.45) is 4.91. The average Bonchev–Trinajstić information content (AvgIpc) is 3.16. The molecule has 1 aromatic carbocycles. The fraction of sp³-hybridized carbons (Fsp3) is 0.579. The average molecular weight is 413 g/mol. The second-order valence-electron chi connectivity index (χ2n) is 6.52. The number of thioether (sulfide) groups is 1. The van der Waals surface area contributed by atoms with Gasteiger partial charge in [-0.25, -0.2) is 0 Å². The van der Waals surface area contributed by atoms with Crippen LogP contribution < -0.4 is 14.8 Å². The van der Waals surface area contributed by atoms with Gasteiger partial charge in [-0.3, -0.25) is 0 Å². The van der Waals surface area contributed by atoms with Crippen LogP contribution in [0.25, 0.3) is 11.4 Å². The van der Waals surface area contributed by atoms with E-state index in [2.05, 4.69) is 27.1 Å². The van der Waals surface area contributed by atoms with E-state index in [9.17, 15) is 8.78 Å². The van der Waals surface area contributed by atoms with Crippen LogP contribution in [0.2, 0.25) is 0 Å². The Morgan fingerprint density at radius 3 is 2.86 bits per heavy atom. The Kier molecular flexibility index (Phi) is 7.50. The molecule has 2 aromatic rings. The van der Waals surface area contributed by atoms with Gasteiger partial charge in [0.2, 0.25) is 11.7 Å². The molecule has 2 atom stereocenters. The van der Waals surface area contributed by atoms with Gasteiger partial charge in [-0.1, -0.05) is 24.9 Å². The zero-order chi connectivity index (χ0) is 19.9. The lowest BCUT2D eigenvalue weighted by Crippen LogP contribution is -2.40. The van der Waals surface area contributed by atoms with Gasteiger partial charge in [0.05, 0.1) is 13.7 Å². The number of halogens is 2. The molecule has 2 unspecified atom stereocenters. The first-order valence-electron chi connectivity index (χ1n) is 9.41. The summed E-state index contributed by atoms with van der Waals surface area (Å²) in [6, 6.07) is 5.00. The first-order chi connectivity index (χ1) is 13.6. The lowest BCUT2D eigenvalue weighted by molar-refractivity contribution is -0.0512. The molecule has 1 N–H and O–H groups in total. The van der Waals surface area contributed by atoms with Gasteiger partial charge < -0.3 is 19.3 Å². The van der Waals surface area contributed by atoms with E-state index in [-0.39, 0.29) is 11.5 Å². The van der Waals surface area contributed by atoms with Crippen molar-refractivity contribution in [2.75, 3.05) is 12.9 Å². The van der Waals surface area contributed by atoms with E-state index in [1.165, 1.54) is 32.4 Å². The summed E-state index contributed by atoms with van der Waals surface area (Å²) in [6.45, 7) is -0.230. The number of methoxy groups -OCH3 is 1. The Hall–Kier alpha value is -1.87. The monoisotopic (exact) mass is 413 g/mol. The molecule has 1 aromatic heterocycles. The van der Waals surface area contributed by atoms with Gasteiger partial charge in [-0.15, -0.1) is 0 Å². The van der Waals surface area contributed by atoms with Crippen molar-refractivity contribution in [3.8, 4) is 22.9 Å². The molecule has 3 rings (SSSR count). The molecule has 6 nitrogen and oxygen atoms in total. The molecule has 1 saturated carbocycles. The molecule has 9 heteroatoms. The van der Waals surface area contributed by atoms with Crippen molar-refractivity contribution < 1.29 is 22.8 Å². The minimum atomic E-state index is -2.92. The maximum Gasteiger partial charge on any atom is 0.387 e.